The van der Waals surface area contributed by atoms with E-state index in [9.17, 15) is 9.59 Å². The molecule has 0 aromatic heterocycles. The standard InChI is InChI=1S/C22H26N2O2S/c1-14-4-5-15(2)20(12-14)27-13-21(25)23-16(3)17-8-10-19(11-9-17)24-22(26)18-6-7-18/h4-5,8-12,16,18H,6-7,13H2,1-3H3,(H,23,25)(H,24,26). The topological polar surface area (TPSA) is 58.2 Å². The highest BCUT2D eigenvalue weighted by Gasteiger charge is 2.29. The lowest BCUT2D eigenvalue weighted by Gasteiger charge is -2.15. The van der Waals surface area contributed by atoms with Crippen LogP contribution >= 0.6 is 11.8 Å². The average Bonchev–Trinajstić information content (AvgIpc) is 3.48. The highest BCUT2D eigenvalue weighted by molar-refractivity contribution is 8.00. The molecule has 1 aliphatic carbocycles. The molecule has 0 radical (unpaired) electrons. The largest absolute Gasteiger partial charge is 0.349 e. The van der Waals surface area contributed by atoms with Crippen molar-refractivity contribution in [2.24, 2.45) is 5.92 Å². The van der Waals surface area contributed by atoms with E-state index in [0.29, 0.717) is 5.75 Å². The highest BCUT2D eigenvalue weighted by Crippen LogP contribution is 2.30. The molecular weight excluding hydrogens is 356 g/mol. The first kappa shape index (κ1) is 19.5. The summed E-state index contributed by atoms with van der Waals surface area (Å²) in [6, 6.07) is 13.9. The van der Waals surface area contributed by atoms with E-state index in [1.165, 1.54) is 11.1 Å². The minimum absolute atomic E-state index is 0.0134. The van der Waals surface area contributed by atoms with Crippen LogP contribution in [-0.2, 0) is 9.59 Å². The van der Waals surface area contributed by atoms with E-state index in [1.807, 2.05) is 31.2 Å². The molecule has 1 saturated carbocycles. The molecule has 1 aliphatic rings. The molecule has 27 heavy (non-hydrogen) atoms. The zero-order chi connectivity index (χ0) is 19.4. The Balaban J connectivity index is 1.50. The molecule has 4 nitrogen and oxygen atoms in total. The van der Waals surface area contributed by atoms with E-state index in [1.54, 1.807) is 11.8 Å². The Labute approximate surface area is 165 Å². The fraction of sp³-hybridized carbons (Fsp3) is 0.364. The number of hydrogen-bond donors (Lipinski definition) is 2. The monoisotopic (exact) mass is 382 g/mol. The van der Waals surface area contributed by atoms with Gasteiger partial charge < -0.3 is 10.6 Å². The van der Waals surface area contributed by atoms with Crippen molar-refractivity contribution in [2.75, 3.05) is 11.1 Å². The Morgan fingerprint density at radius 1 is 1.11 bits per heavy atom. The number of rotatable bonds is 7. The van der Waals surface area contributed by atoms with Crippen LogP contribution in [0.5, 0.6) is 0 Å². The Bertz CT molecular complexity index is 829. The molecule has 2 amide bonds. The van der Waals surface area contributed by atoms with Crippen molar-refractivity contribution >= 4 is 29.3 Å². The summed E-state index contributed by atoms with van der Waals surface area (Å²) in [5.74, 6) is 0.703. The van der Waals surface area contributed by atoms with Crippen LogP contribution in [0.2, 0.25) is 0 Å². The second-order valence-corrected chi connectivity index (χ2v) is 8.25. The Morgan fingerprint density at radius 2 is 1.81 bits per heavy atom. The molecule has 5 heteroatoms. The van der Waals surface area contributed by atoms with Crippen LogP contribution in [0.25, 0.3) is 0 Å². The molecule has 142 valence electrons. The Morgan fingerprint density at radius 3 is 2.48 bits per heavy atom. The summed E-state index contributed by atoms with van der Waals surface area (Å²) in [5, 5.41) is 5.97. The molecule has 1 unspecified atom stereocenters. The number of thioether (sulfide) groups is 1. The van der Waals surface area contributed by atoms with Crippen LogP contribution in [-0.4, -0.2) is 17.6 Å². The zero-order valence-corrected chi connectivity index (χ0v) is 16.9. The van der Waals surface area contributed by atoms with Gasteiger partial charge in [-0.15, -0.1) is 11.8 Å². The van der Waals surface area contributed by atoms with Crippen molar-refractivity contribution in [3.63, 3.8) is 0 Å². The lowest BCUT2D eigenvalue weighted by Crippen LogP contribution is -2.28. The third-order valence-corrected chi connectivity index (χ3v) is 5.86. The molecule has 2 aromatic rings. The fourth-order valence-electron chi connectivity index (χ4n) is 2.82. The van der Waals surface area contributed by atoms with E-state index < -0.39 is 0 Å². The van der Waals surface area contributed by atoms with Crippen LogP contribution in [0.3, 0.4) is 0 Å². The van der Waals surface area contributed by atoms with Gasteiger partial charge in [-0.2, -0.15) is 0 Å². The smallest absolute Gasteiger partial charge is 0.230 e. The fourth-order valence-corrected chi connectivity index (χ4v) is 3.75. The van der Waals surface area contributed by atoms with E-state index in [0.717, 1.165) is 29.0 Å². The van der Waals surface area contributed by atoms with Gasteiger partial charge in [-0.1, -0.05) is 29.8 Å². The number of nitrogens with one attached hydrogen (secondary N) is 2. The minimum Gasteiger partial charge on any atom is -0.349 e. The summed E-state index contributed by atoms with van der Waals surface area (Å²) < 4.78 is 0. The van der Waals surface area contributed by atoms with Gasteiger partial charge in [-0.05, 0) is 62.9 Å². The summed E-state index contributed by atoms with van der Waals surface area (Å²) in [4.78, 5) is 25.3. The minimum atomic E-state index is -0.0788. The number of carbonyl (C=O) groups excluding carboxylic acids is 2. The van der Waals surface area contributed by atoms with Gasteiger partial charge in [0.2, 0.25) is 11.8 Å². The summed E-state index contributed by atoms with van der Waals surface area (Å²) in [5.41, 5.74) is 4.21. The summed E-state index contributed by atoms with van der Waals surface area (Å²) >= 11 is 1.56. The van der Waals surface area contributed by atoms with Gasteiger partial charge in [-0.25, -0.2) is 0 Å². The molecule has 1 atom stereocenters. The number of aryl methyl sites for hydroxylation is 2. The molecule has 0 saturated heterocycles. The molecule has 3 rings (SSSR count). The second-order valence-electron chi connectivity index (χ2n) is 7.23. The molecule has 2 aromatic carbocycles. The van der Waals surface area contributed by atoms with Crippen molar-refractivity contribution in [3.8, 4) is 0 Å². The lowest BCUT2D eigenvalue weighted by atomic mass is 10.1. The maximum Gasteiger partial charge on any atom is 0.230 e. The summed E-state index contributed by atoms with van der Waals surface area (Å²) in [6.45, 7) is 6.09. The van der Waals surface area contributed by atoms with Crippen LogP contribution in [0.15, 0.2) is 47.4 Å². The van der Waals surface area contributed by atoms with E-state index in [2.05, 4.69) is 42.7 Å². The van der Waals surface area contributed by atoms with Gasteiger partial charge in [0, 0.05) is 16.5 Å². The highest BCUT2D eigenvalue weighted by atomic mass is 32.2. The first-order valence-corrected chi connectivity index (χ1v) is 10.3. The van der Waals surface area contributed by atoms with E-state index in [-0.39, 0.29) is 23.8 Å². The maximum absolute atomic E-state index is 12.3. The molecule has 2 N–H and O–H groups in total. The van der Waals surface area contributed by atoms with E-state index in [4.69, 9.17) is 0 Å². The molecule has 0 aliphatic heterocycles. The van der Waals surface area contributed by atoms with Gasteiger partial charge in [0.25, 0.3) is 0 Å². The number of hydrogen-bond acceptors (Lipinski definition) is 3. The quantitative estimate of drug-likeness (QED) is 0.687. The van der Waals surface area contributed by atoms with Crippen molar-refractivity contribution in [3.05, 3.63) is 59.2 Å². The summed E-state index contributed by atoms with van der Waals surface area (Å²) in [6.07, 6.45) is 1.99. The van der Waals surface area contributed by atoms with Gasteiger partial charge >= 0.3 is 0 Å². The number of anilines is 1. The third-order valence-electron chi connectivity index (χ3n) is 4.71. The van der Waals surface area contributed by atoms with Gasteiger partial charge in [0.15, 0.2) is 0 Å². The number of amides is 2. The molecular formula is C22H26N2O2S. The maximum atomic E-state index is 12.3. The van der Waals surface area contributed by atoms with Crippen molar-refractivity contribution < 1.29 is 9.59 Å². The van der Waals surface area contributed by atoms with Gasteiger partial charge in [0.1, 0.15) is 0 Å². The van der Waals surface area contributed by atoms with Crippen molar-refractivity contribution in [1.29, 1.82) is 0 Å². The normalized spacial score (nSPS) is 14.5. The first-order valence-electron chi connectivity index (χ1n) is 9.32. The van der Waals surface area contributed by atoms with Crippen LogP contribution < -0.4 is 10.6 Å². The second kappa shape index (κ2) is 8.61. The van der Waals surface area contributed by atoms with E-state index >= 15 is 0 Å². The SMILES string of the molecule is Cc1ccc(C)c(SCC(=O)NC(C)c2ccc(NC(=O)C3CC3)cc2)c1. The van der Waals surface area contributed by atoms with Gasteiger partial charge in [-0.3, -0.25) is 9.59 Å². The predicted molar refractivity (Wildman–Crippen MR) is 111 cm³/mol. The first-order chi connectivity index (χ1) is 12.9. The lowest BCUT2D eigenvalue weighted by molar-refractivity contribution is -0.119. The van der Waals surface area contributed by atoms with Crippen LogP contribution in [0.1, 0.15) is 42.5 Å². The predicted octanol–water partition coefficient (Wildman–Crippen LogP) is 4.62. The summed E-state index contributed by atoms with van der Waals surface area (Å²) in [7, 11) is 0. The van der Waals surface area contributed by atoms with Gasteiger partial charge in [0.05, 0.1) is 11.8 Å². The number of carbonyl (C=O) groups is 2. The van der Waals surface area contributed by atoms with Crippen molar-refractivity contribution in [2.45, 2.75) is 44.6 Å². The third kappa shape index (κ3) is 5.60. The van der Waals surface area contributed by atoms with Crippen LogP contribution in [0.4, 0.5) is 5.69 Å². The Kier molecular flexibility index (Phi) is 6.22. The molecule has 0 heterocycles. The zero-order valence-electron chi connectivity index (χ0n) is 16.0. The molecule has 1 fully saturated rings. The van der Waals surface area contributed by atoms with Crippen LogP contribution in [0, 0.1) is 19.8 Å². The number of benzene rings is 2. The molecule has 0 spiro atoms. The molecule has 0 bridgehead atoms. The Hall–Kier alpha value is -2.27. The van der Waals surface area contributed by atoms with Crippen molar-refractivity contribution in [1.82, 2.24) is 5.32 Å². The average molecular weight is 383 g/mol.